The lowest BCUT2D eigenvalue weighted by molar-refractivity contribution is 0.0850. The minimum absolute atomic E-state index is 0.0116. The molecular formula is C17H27N3O. The van der Waals surface area contributed by atoms with Gasteiger partial charge in [0.05, 0.1) is 0 Å². The topological polar surface area (TPSA) is 54.0 Å². The van der Waals surface area contributed by atoms with Gasteiger partial charge in [-0.2, -0.15) is 0 Å². The van der Waals surface area contributed by atoms with Gasteiger partial charge in [0.1, 0.15) is 5.82 Å². The Morgan fingerprint density at radius 3 is 2.62 bits per heavy atom. The number of amides is 1. The molecule has 116 valence electrons. The average Bonchev–Trinajstić information content (AvgIpc) is 2.43. The second-order valence-corrected chi connectivity index (χ2v) is 6.28. The van der Waals surface area contributed by atoms with Crippen molar-refractivity contribution in [3.8, 4) is 0 Å². The van der Waals surface area contributed by atoms with Crippen molar-refractivity contribution in [2.45, 2.75) is 64.8 Å². The second-order valence-electron chi connectivity index (χ2n) is 6.28. The third-order valence-corrected chi connectivity index (χ3v) is 4.08. The van der Waals surface area contributed by atoms with Crippen LogP contribution in [0.15, 0.2) is 12.1 Å². The lowest BCUT2D eigenvalue weighted by Gasteiger charge is -2.39. The first-order valence-corrected chi connectivity index (χ1v) is 8.13. The van der Waals surface area contributed by atoms with Crippen molar-refractivity contribution >= 4 is 11.7 Å². The van der Waals surface area contributed by atoms with Gasteiger partial charge in [0.25, 0.3) is 5.91 Å². The molecule has 1 saturated carbocycles. The van der Waals surface area contributed by atoms with Crippen molar-refractivity contribution in [2.75, 3.05) is 11.9 Å². The largest absolute Gasteiger partial charge is 0.370 e. The lowest BCUT2D eigenvalue weighted by Crippen LogP contribution is -2.50. The van der Waals surface area contributed by atoms with E-state index < -0.39 is 0 Å². The molecule has 4 heteroatoms. The summed E-state index contributed by atoms with van der Waals surface area (Å²) in [4.78, 5) is 17.1. The molecule has 0 saturated heterocycles. The van der Waals surface area contributed by atoms with Gasteiger partial charge in [0, 0.05) is 23.3 Å². The highest BCUT2D eigenvalue weighted by Gasteiger charge is 2.33. The summed E-state index contributed by atoms with van der Waals surface area (Å²) in [5.41, 5.74) is 1.70. The van der Waals surface area contributed by atoms with Gasteiger partial charge >= 0.3 is 0 Å². The van der Waals surface area contributed by atoms with Crippen molar-refractivity contribution in [2.24, 2.45) is 0 Å². The van der Waals surface area contributed by atoms with Crippen LogP contribution in [0, 0.1) is 0 Å². The van der Waals surface area contributed by atoms with Gasteiger partial charge in [-0.1, -0.05) is 20.3 Å². The monoisotopic (exact) mass is 289 g/mol. The highest BCUT2D eigenvalue weighted by Crippen LogP contribution is 2.31. The molecule has 1 aromatic rings. The summed E-state index contributed by atoms with van der Waals surface area (Å²) in [5, 5.41) is 6.46. The third-order valence-electron chi connectivity index (χ3n) is 4.08. The Morgan fingerprint density at radius 2 is 2.05 bits per heavy atom. The van der Waals surface area contributed by atoms with Gasteiger partial charge in [-0.15, -0.1) is 0 Å². The summed E-state index contributed by atoms with van der Waals surface area (Å²) < 4.78 is 0. The van der Waals surface area contributed by atoms with Crippen LogP contribution in [0.3, 0.4) is 0 Å². The molecule has 4 nitrogen and oxygen atoms in total. The number of aryl methyl sites for hydroxylation is 1. The molecule has 0 bridgehead atoms. The fourth-order valence-corrected chi connectivity index (χ4v) is 2.63. The van der Waals surface area contributed by atoms with Crippen LogP contribution in [0.2, 0.25) is 0 Å². The fourth-order valence-electron chi connectivity index (χ4n) is 2.63. The van der Waals surface area contributed by atoms with Crippen LogP contribution in [0.4, 0.5) is 5.82 Å². The first-order valence-electron chi connectivity index (χ1n) is 8.13. The standard InChI is InChI=1S/C17H27N3O/c1-4-7-14-11-13(12-15(19-14)18-10-5-2)16(21)20-17(3)8-6-9-17/h11-12H,4-10H2,1-3H3,(H,18,19)(H,20,21). The van der Waals surface area contributed by atoms with Gasteiger partial charge in [0.2, 0.25) is 0 Å². The first kappa shape index (κ1) is 15.8. The van der Waals surface area contributed by atoms with Gasteiger partial charge in [-0.3, -0.25) is 4.79 Å². The Bertz CT molecular complexity index is 495. The molecule has 0 aromatic carbocycles. The number of carbonyl (C=O) groups excluding carboxylic acids is 1. The van der Waals surface area contributed by atoms with Crippen molar-refractivity contribution in [1.29, 1.82) is 0 Å². The third kappa shape index (κ3) is 4.19. The van der Waals surface area contributed by atoms with E-state index in [0.717, 1.165) is 55.7 Å². The Morgan fingerprint density at radius 1 is 1.29 bits per heavy atom. The van der Waals surface area contributed by atoms with Crippen molar-refractivity contribution in [3.63, 3.8) is 0 Å². The van der Waals surface area contributed by atoms with E-state index in [1.165, 1.54) is 6.42 Å². The van der Waals surface area contributed by atoms with Crippen LogP contribution < -0.4 is 10.6 Å². The second kappa shape index (κ2) is 6.92. The van der Waals surface area contributed by atoms with Crippen LogP contribution in [0.25, 0.3) is 0 Å². The van der Waals surface area contributed by atoms with Crippen molar-refractivity contribution < 1.29 is 4.79 Å². The number of anilines is 1. The number of nitrogens with one attached hydrogen (secondary N) is 2. The number of hydrogen-bond donors (Lipinski definition) is 2. The van der Waals surface area contributed by atoms with E-state index in [1.54, 1.807) is 0 Å². The van der Waals surface area contributed by atoms with Gasteiger partial charge in [0.15, 0.2) is 0 Å². The Labute approximate surface area is 127 Å². The normalized spacial score (nSPS) is 16.1. The predicted octanol–water partition coefficient (Wildman–Crippen LogP) is 3.53. The van der Waals surface area contributed by atoms with Crippen LogP contribution in [0.5, 0.6) is 0 Å². The molecule has 0 unspecified atom stereocenters. The Hall–Kier alpha value is -1.58. The molecule has 1 heterocycles. The van der Waals surface area contributed by atoms with Crippen molar-refractivity contribution in [1.82, 2.24) is 10.3 Å². The molecule has 1 fully saturated rings. The maximum Gasteiger partial charge on any atom is 0.251 e. The molecular weight excluding hydrogens is 262 g/mol. The van der Waals surface area contributed by atoms with E-state index in [2.05, 4.69) is 36.4 Å². The van der Waals surface area contributed by atoms with E-state index in [-0.39, 0.29) is 11.4 Å². The minimum Gasteiger partial charge on any atom is -0.370 e. The van der Waals surface area contributed by atoms with E-state index in [4.69, 9.17) is 0 Å². The molecule has 1 aromatic heterocycles. The SMILES string of the molecule is CCCNc1cc(C(=O)NC2(C)CCC2)cc(CCC)n1. The summed E-state index contributed by atoms with van der Waals surface area (Å²) in [6.07, 6.45) is 6.33. The Kier molecular flexibility index (Phi) is 5.21. The first-order chi connectivity index (χ1) is 10.1. The molecule has 0 aliphatic heterocycles. The molecule has 0 radical (unpaired) electrons. The molecule has 0 spiro atoms. The predicted molar refractivity (Wildman–Crippen MR) is 86.7 cm³/mol. The van der Waals surface area contributed by atoms with E-state index in [9.17, 15) is 4.79 Å². The quantitative estimate of drug-likeness (QED) is 0.807. The van der Waals surface area contributed by atoms with Gasteiger partial charge in [-0.25, -0.2) is 4.98 Å². The van der Waals surface area contributed by atoms with Gasteiger partial charge in [-0.05, 0) is 51.2 Å². The number of pyridine rings is 1. The molecule has 21 heavy (non-hydrogen) atoms. The summed E-state index contributed by atoms with van der Waals surface area (Å²) in [5.74, 6) is 0.836. The molecule has 2 N–H and O–H groups in total. The molecule has 0 atom stereocenters. The fraction of sp³-hybridized carbons (Fsp3) is 0.647. The van der Waals surface area contributed by atoms with Crippen LogP contribution in [0.1, 0.15) is 68.9 Å². The van der Waals surface area contributed by atoms with E-state index >= 15 is 0 Å². The summed E-state index contributed by atoms with van der Waals surface area (Å²) >= 11 is 0. The number of carbonyl (C=O) groups is 1. The highest BCUT2D eigenvalue weighted by atomic mass is 16.1. The zero-order valence-corrected chi connectivity index (χ0v) is 13.5. The number of hydrogen-bond acceptors (Lipinski definition) is 3. The van der Waals surface area contributed by atoms with E-state index in [0.29, 0.717) is 0 Å². The molecule has 1 amide bonds. The van der Waals surface area contributed by atoms with Gasteiger partial charge < -0.3 is 10.6 Å². The zero-order chi connectivity index (χ0) is 15.3. The highest BCUT2D eigenvalue weighted by molar-refractivity contribution is 5.95. The number of nitrogens with zero attached hydrogens (tertiary/aromatic N) is 1. The molecule has 2 rings (SSSR count). The van der Waals surface area contributed by atoms with Crippen LogP contribution in [-0.2, 0) is 6.42 Å². The van der Waals surface area contributed by atoms with E-state index in [1.807, 2.05) is 12.1 Å². The average molecular weight is 289 g/mol. The smallest absolute Gasteiger partial charge is 0.251 e. The van der Waals surface area contributed by atoms with Crippen LogP contribution >= 0.6 is 0 Å². The number of rotatable bonds is 7. The number of aromatic nitrogens is 1. The summed E-state index contributed by atoms with van der Waals surface area (Å²) in [7, 11) is 0. The van der Waals surface area contributed by atoms with Crippen LogP contribution in [-0.4, -0.2) is 23.0 Å². The molecule has 1 aliphatic rings. The summed E-state index contributed by atoms with van der Waals surface area (Å²) in [6.45, 7) is 7.25. The minimum atomic E-state index is -0.0116. The zero-order valence-electron chi connectivity index (χ0n) is 13.5. The summed E-state index contributed by atoms with van der Waals surface area (Å²) in [6, 6.07) is 3.80. The maximum atomic E-state index is 12.5. The Balaban J connectivity index is 2.15. The lowest BCUT2D eigenvalue weighted by atomic mass is 9.78. The maximum absolute atomic E-state index is 12.5. The molecule has 1 aliphatic carbocycles. The van der Waals surface area contributed by atoms with Crippen molar-refractivity contribution in [3.05, 3.63) is 23.4 Å².